The molecule has 1 aliphatic carbocycles. The largest absolute Gasteiger partial charge is 0.462 e. The molecule has 0 unspecified atom stereocenters. The number of pyridine rings is 1. The van der Waals surface area contributed by atoms with Crippen LogP contribution in [-0.2, 0) is 4.74 Å². The highest BCUT2D eigenvalue weighted by Crippen LogP contribution is 2.49. The monoisotopic (exact) mass is 342 g/mol. The van der Waals surface area contributed by atoms with Gasteiger partial charge < -0.3 is 4.74 Å². The van der Waals surface area contributed by atoms with E-state index >= 15 is 0 Å². The molecule has 0 aromatic carbocycles. The van der Waals surface area contributed by atoms with E-state index in [1.54, 1.807) is 6.92 Å². The van der Waals surface area contributed by atoms with Gasteiger partial charge in [0.05, 0.1) is 22.3 Å². The zero-order chi connectivity index (χ0) is 15.0. The predicted octanol–water partition coefficient (Wildman–Crippen LogP) is 4.57. The van der Waals surface area contributed by atoms with Crippen LogP contribution in [0, 0.1) is 0 Å². The molecule has 110 valence electrons. The maximum atomic E-state index is 12.1. The summed E-state index contributed by atoms with van der Waals surface area (Å²) in [6, 6.07) is 0. The molecule has 0 aliphatic heterocycles. The minimum Gasteiger partial charge on any atom is -0.462 e. The number of hydrogen-bond donors (Lipinski definition) is 0. The van der Waals surface area contributed by atoms with Crippen LogP contribution in [-0.4, -0.2) is 21.9 Å². The van der Waals surface area contributed by atoms with Gasteiger partial charge in [-0.15, -0.1) is 0 Å². The van der Waals surface area contributed by atoms with E-state index in [2.05, 4.69) is 9.36 Å². The third kappa shape index (κ3) is 2.78. The minimum absolute atomic E-state index is 0.329. The molecule has 3 rings (SSSR count). The normalized spacial score (nSPS) is 14.2. The molecule has 1 aliphatic rings. The van der Waals surface area contributed by atoms with Gasteiger partial charge in [0.2, 0.25) is 0 Å². The van der Waals surface area contributed by atoms with Crippen LogP contribution in [0.4, 0.5) is 0 Å². The second-order valence-electron chi connectivity index (χ2n) is 4.75. The minimum atomic E-state index is -0.329. The number of esters is 1. The van der Waals surface area contributed by atoms with Crippen LogP contribution in [0.1, 0.15) is 40.9 Å². The molecule has 2 aromatic heterocycles. The molecule has 2 aromatic rings. The summed E-state index contributed by atoms with van der Waals surface area (Å²) in [7, 11) is 0. The molecule has 0 saturated heterocycles. The first kappa shape index (κ1) is 14.8. The van der Waals surface area contributed by atoms with E-state index in [1.807, 2.05) is 0 Å². The van der Waals surface area contributed by atoms with Gasteiger partial charge in [-0.25, -0.2) is 4.79 Å². The number of carbonyl (C=O) groups excluding carboxylic acids is 1. The average Bonchev–Trinajstić information content (AvgIpc) is 3.19. The summed E-state index contributed by atoms with van der Waals surface area (Å²) < 4.78 is 9.53. The van der Waals surface area contributed by atoms with Crippen molar-refractivity contribution >= 4 is 40.7 Å². The van der Waals surface area contributed by atoms with Crippen molar-refractivity contribution in [1.82, 2.24) is 9.36 Å². The van der Waals surface area contributed by atoms with Crippen molar-refractivity contribution in [3.63, 3.8) is 0 Å². The number of rotatable bonds is 4. The van der Waals surface area contributed by atoms with Crippen molar-refractivity contribution in [1.29, 1.82) is 0 Å². The summed E-state index contributed by atoms with van der Waals surface area (Å²) in [5.41, 5.74) is 2.23. The van der Waals surface area contributed by atoms with Crippen molar-refractivity contribution in [3.8, 4) is 11.3 Å². The first-order valence-corrected chi connectivity index (χ1v) is 8.12. The van der Waals surface area contributed by atoms with Gasteiger partial charge in [0.25, 0.3) is 0 Å². The highest BCUT2D eigenvalue weighted by molar-refractivity contribution is 7.08. The molecule has 0 radical (unpaired) electrons. The van der Waals surface area contributed by atoms with Gasteiger partial charge in [-0.3, -0.25) is 4.98 Å². The van der Waals surface area contributed by atoms with E-state index < -0.39 is 0 Å². The second kappa shape index (κ2) is 5.91. The molecule has 21 heavy (non-hydrogen) atoms. The zero-order valence-corrected chi connectivity index (χ0v) is 13.6. The SMILES string of the molecule is CCOC(=O)c1snc(-c2c(Cl)cncc2Cl)c1C1CC1. The van der Waals surface area contributed by atoms with Crippen molar-refractivity contribution in [3.05, 3.63) is 32.9 Å². The van der Waals surface area contributed by atoms with Gasteiger partial charge in [0.15, 0.2) is 0 Å². The van der Waals surface area contributed by atoms with Gasteiger partial charge in [-0.2, -0.15) is 4.37 Å². The Morgan fingerprint density at radius 1 is 1.38 bits per heavy atom. The summed E-state index contributed by atoms with van der Waals surface area (Å²) in [4.78, 5) is 16.6. The Labute approximate surface area is 136 Å². The molecular formula is C14H12Cl2N2O2S. The number of hydrogen-bond acceptors (Lipinski definition) is 5. The van der Waals surface area contributed by atoms with Crippen LogP contribution in [0.3, 0.4) is 0 Å². The lowest BCUT2D eigenvalue weighted by molar-refractivity contribution is 0.0531. The Morgan fingerprint density at radius 3 is 2.62 bits per heavy atom. The highest BCUT2D eigenvalue weighted by atomic mass is 35.5. The fourth-order valence-corrected chi connectivity index (χ4v) is 3.62. The van der Waals surface area contributed by atoms with Crippen molar-refractivity contribution < 1.29 is 9.53 Å². The molecule has 4 nitrogen and oxygen atoms in total. The lowest BCUT2D eigenvalue weighted by atomic mass is 10.0. The van der Waals surface area contributed by atoms with Gasteiger partial charge in [-0.05, 0) is 37.2 Å². The van der Waals surface area contributed by atoms with E-state index in [1.165, 1.54) is 12.4 Å². The second-order valence-corrected chi connectivity index (χ2v) is 6.33. The van der Waals surface area contributed by atoms with E-state index in [0.717, 1.165) is 29.9 Å². The van der Waals surface area contributed by atoms with Crippen LogP contribution < -0.4 is 0 Å². The number of halogens is 2. The molecule has 7 heteroatoms. The van der Waals surface area contributed by atoms with Gasteiger partial charge in [-0.1, -0.05) is 23.2 Å². The number of nitrogens with zero attached hydrogens (tertiary/aromatic N) is 2. The average molecular weight is 343 g/mol. The predicted molar refractivity (Wildman–Crippen MR) is 83.3 cm³/mol. The van der Waals surface area contributed by atoms with E-state index in [4.69, 9.17) is 27.9 Å². The van der Waals surface area contributed by atoms with Crippen LogP contribution in [0.2, 0.25) is 10.0 Å². The topological polar surface area (TPSA) is 52.1 Å². The molecule has 0 N–H and O–H groups in total. The maximum Gasteiger partial charge on any atom is 0.350 e. The lowest BCUT2D eigenvalue weighted by Crippen LogP contribution is -2.05. The molecule has 0 amide bonds. The summed E-state index contributed by atoms with van der Waals surface area (Å²) in [5.74, 6) is 0.00269. The van der Waals surface area contributed by atoms with E-state index in [-0.39, 0.29) is 5.97 Å². The van der Waals surface area contributed by atoms with Gasteiger partial charge in [0.1, 0.15) is 4.88 Å². The molecule has 0 spiro atoms. The summed E-state index contributed by atoms with van der Waals surface area (Å²) >= 11 is 13.6. The quantitative estimate of drug-likeness (QED) is 0.764. The van der Waals surface area contributed by atoms with E-state index in [0.29, 0.717) is 38.7 Å². The number of aromatic nitrogens is 2. The molecular weight excluding hydrogens is 331 g/mol. The Bertz CT molecular complexity index is 678. The fraction of sp³-hybridized carbons (Fsp3) is 0.357. The van der Waals surface area contributed by atoms with Crippen LogP contribution in [0.5, 0.6) is 0 Å². The summed E-state index contributed by atoms with van der Waals surface area (Å²) in [5, 5.41) is 0.871. The fourth-order valence-electron chi connectivity index (χ4n) is 2.21. The Kier molecular flexibility index (Phi) is 4.15. The van der Waals surface area contributed by atoms with E-state index in [9.17, 15) is 4.79 Å². The van der Waals surface area contributed by atoms with Crippen molar-refractivity contribution in [2.45, 2.75) is 25.7 Å². The number of carbonyl (C=O) groups is 1. The van der Waals surface area contributed by atoms with Crippen LogP contribution in [0.25, 0.3) is 11.3 Å². The first-order valence-electron chi connectivity index (χ1n) is 6.59. The zero-order valence-electron chi connectivity index (χ0n) is 11.2. The molecule has 1 fully saturated rings. The Balaban J connectivity index is 2.14. The highest BCUT2D eigenvalue weighted by Gasteiger charge is 2.35. The van der Waals surface area contributed by atoms with Crippen molar-refractivity contribution in [2.24, 2.45) is 0 Å². The summed E-state index contributed by atoms with van der Waals surface area (Å²) in [6.07, 6.45) is 5.14. The molecule has 0 bridgehead atoms. The molecule has 1 saturated carbocycles. The van der Waals surface area contributed by atoms with Crippen molar-refractivity contribution in [2.75, 3.05) is 6.61 Å². The van der Waals surface area contributed by atoms with Gasteiger partial charge >= 0.3 is 5.97 Å². The van der Waals surface area contributed by atoms with Crippen LogP contribution in [0.15, 0.2) is 12.4 Å². The van der Waals surface area contributed by atoms with Gasteiger partial charge in [0, 0.05) is 23.5 Å². The summed E-state index contributed by atoms with van der Waals surface area (Å²) in [6.45, 7) is 2.13. The maximum absolute atomic E-state index is 12.1. The third-order valence-corrected chi connectivity index (χ3v) is 4.68. The molecule has 2 heterocycles. The third-order valence-electron chi connectivity index (χ3n) is 3.26. The Morgan fingerprint density at radius 2 is 2.05 bits per heavy atom. The smallest absolute Gasteiger partial charge is 0.350 e. The lowest BCUT2D eigenvalue weighted by Gasteiger charge is -2.07. The number of ether oxygens (including phenoxy) is 1. The first-order chi connectivity index (χ1) is 10.1. The standard InChI is InChI=1S/C14H12Cl2N2O2S/c1-2-20-14(19)13-10(7-3-4-7)12(18-21-13)11-8(15)5-17-6-9(11)16/h5-7H,2-4H2,1H3. The van der Waals surface area contributed by atoms with Crippen LogP contribution >= 0.6 is 34.7 Å². The molecule has 0 atom stereocenters. The Hall–Kier alpha value is -1.17.